The van der Waals surface area contributed by atoms with Crippen molar-refractivity contribution in [3.63, 3.8) is 0 Å². The molecule has 2 aromatic carbocycles. The molecule has 0 aliphatic carbocycles. The maximum atomic E-state index is 12.2. The quantitative estimate of drug-likeness (QED) is 0.497. The summed E-state index contributed by atoms with van der Waals surface area (Å²) in [5.41, 5.74) is 1.22. The van der Waals surface area contributed by atoms with Crippen molar-refractivity contribution in [3.8, 4) is 5.75 Å². The van der Waals surface area contributed by atoms with Crippen LogP contribution in [-0.4, -0.2) is 22.2 Å². The van der Waals surface area contributed by atoms with E-state index in [0.717, 1.165) is 10.1 Å². The predicted molar refractivity (Wildman–Crippen MR) is 101 cm³/mol. The summed E-state index contributed by atoms with van der Waals surface area (Å²) in [6, 6.07) is 19.4. The van der Waals surface area contributed by atoms with Crippen molar-refractivity contribution < 1.29 is 9.53 Å². The summed E-state index contributed by atoms with van der Waals surface area (Å²) in [6.07, 6.45) is -0.619. The minimum atomic E-state index is -0.619. The first kappa shape index (κ1) is 17.4. The van der Waals surface area contributed by atoms with Crippen LogP contribution in [0.5, 0.6) is 5.75 Å². The van der Waals surface area contributed by atoms with Crippen LogP contribution >= 0.6 is 23.1 Å². The Morgan fingerprint density at radius 1 is 1.12 bits per heavy atom. The fourth-order valence-electron chi connectivity index (χ4n) is 2.00. The molecule has 0 fully saturated rings. The Bertz CT molecular complexity index is 809. The molecule has 1 N–H and O–H groups in total. The molecule has 0 saturated carbocycles. The van der Waals surface area contributed by atoms with E-state index < -0.39 is 6.10 Å². The maximum Gasteiger partial charge on any atom is 0.266 e. The van der Waals surface area contributed by atoms with Gasteiger partial charge in [0.2, 0.25) is 5.13 Å². The van der Waals surface area contributed by atoms with Gasteiger partial charge in [-0.15, -0.1) is 10.2 Å². The number of hydrogen-bond donors (Lipinski definition) is 1. The Hall–Kier alpha value is -2.38. The van der Waals surface area contributed by atoms with Gasteiger partial charge in [0, 0.05) is 5.75 Å². The van der Waals surface area contributed by atoms with Gasteiger partial charge in [-0.25, -0.2) is 0 Å². The Labute approximate surface area is 154 Å². The van der Waals surface area contributed by atoms with Gasteiger partial charge in [-0.1, -0.05) is 71.6 Å². The minimum Gasteiger partial charge on any atom is -0.481 e. The molecule has 25 heavy (non-hydrogen) atoms. The molecular formula is C18H17N3O2S2. The third-order valence-corrected chi connectivity index (χ3v) is 5.31. The molecular weight excluding hydrogens is 354 g/mol. The number of aromatic nitrogens is 2. The molecule has 3 rings (SSSR count). The van der Waals surface area contributed by atoms with Crippen LogP contribution in [0.3, 0.4) is 0 Å². The van der Waals surface area contributed by atoms with E-state index >= 15 is 0 Å². The zero-order valence-electron chi connectivity index (χ0n) is 13.6. The van der Waals surface area contributed by atoms with Crippen LogP contribution in [0.15, 0.2) is 65.0 Å². The number of nitrogens with zero attached hydrogens (tertiary/aromatic N) is 2. The molecule has 128 valence electrons. The fraction of sp³-hybridized carbons (Fsp3) is 0.167. The van der Waals surface area contributed by atoms with Crippen molar-refractivity contribution in [1.82, 2.24) is 10.2 Å². The zero-order valence-corrected chi connectivity index (χ0v) is 15.2. The SMILES string of the molecule is C[C@@H](Oc1ccccc1)C(=O)Nc1nnc(SCc2ccccc2)s1. The lowest BCUT2D eigenvalue weighted by atomic mass is 10.2. The van der Waals surface area contributed by atoms with Gasteiger partial charge in [0.25, 0.3) is 5.91 Å². The fourth-order valence-corrected chi connectivity index (χ4v) is 3.71. The molecule has 0 aliphatic rings. The highest BCUT2D eigenvalue weighted by molar-refractivity contribution is 8.00. The van der Waals surface area contributed by atoms with E-state index in [1.165, 1.54) is 16.9 Å². The number of hydrogen-bond acceptors (Lipinski definition) is 6. The van der Waals surface area contributed by atoms with E-state index in [1.54, 1.807) is 18.7 Å². The Balaban J connectivity index is 1.51. The second-order valence-corrected chi connectivity index (χ2v) is 7.41. The average Bonchev–Trinajstić information content (AvgIpc) is 3.09. The van der Waals surface area contributed by atoms with Gasteiger partial charge >= 0.3 is 0 Å². The summed E-state index contributed by atoms with van der Waals surface area (Å²) >= 11 is 2.95. The second-order valence-electron chi connectivity index (χ2n) is 5.21. The number of thioether (sulfide) groups is 1. The van der Waals surface area contributed by atoms with E-state index in [-0.39, 0.29) is 5.91 Å². The van der Waals surface area contributed by atoms with Crippen LogP contribution in [0, 0.1) is 0 Å². The Morgan fingerprint density at radius 3 is 2.52 bits per heavy atom. The topological polar surface area (TPSA) is 64.1 Å². The molecule has 0 bridgehead atoms. The predicted octanol–water partition coefficient (Wildman–Crippen LogP) is 4.24. The number of amides is 1. The monoisotopic (exact) mass is 371 g/mol. The number of ether oxygens (including phenoxy) is 1. The molecule has 5 nitrogen and oxygen atoms in total. The largest absolute Gasteiger partial charge is 0.481 e. The molecule has 1 amide bonds. The molecule has 0 unspecified atom stereocenters. The molecule has 3 aromatic rings. The lowest BCUT2D eigenvalue weighted by molar-refractivity contribution is -0.122. The van der Waals surface area contributed by atoms with Crippen molar-refractivity contribution in [2.45, 2.75) is 23.1 Å². The zero-order chi connectivity index (χ0) is 17.5. The highest BCUT2D eigenvalue weighted by atomic mass is 32.2. The van der Waals surface area contributed by atoms with Gasteiger partial charge in [-0.3, -0.25) is 10.1 Å². The summed E-state index contributed by atoms with van der Waals surface area (Å²) in [5.74, 6) is 1.22. The van der Waals surface area contributed by atoms with Crippen molar-refractivity contribution in [3.05, 3.63) is 66.2 Å². The summed E-state index contributed by atoms with van der Waals surface area (Å²) in [6.45, 7) is 1.70. The summed E-state index contributed by atoms with van der Waals surface area (Å²) < 4.78 is 6.42. The average molecular weight is 371 g/mol. The molecule has 0 radical (unpaired) electrons. The number of anilines is 1. The third kappa shape index (κ3) is 5.30. The molecule has 7 heteroatoms. The van der Waals surface area contributed by atoms with Gasteiger partial charge in [0.15, 0.2) is 10.4 Å². The van der Waals surface area contributed by atoms with Crippen molar-refractivity contribution in [2.24, 2.45) is 0 Å². The summed E-state index contributed by atoms with van der Waals surface area (Å²) in [4.78, 5) is 12.2. The number of rotatable bonds is 7. The Morgan fingerprint density at radius 2 is 1.80 bits per heavy atom. The van der Waals surface area contributed by atoms with E-state index in [0.29, 0.717) is 10.9 Å². The van der Waals surface area contributed by atoms with Crippen LogP contribution < -0.4 is 10.1 Å². The van der Waals surface area contributed by atoms with E-state index in [2.05, 4.69) is 27.6 Å². The first-order valence-electron chi connectivity index (χ1n) is 7.73. The van der Waals surface area contributed by atoms with E-state index in [9.17, 15) is 4.79 Å². The van der Waals surface area contributed by atoms with E-state index in [1.807, 2.05) is 48.5 Å². The molecule has 0 saturated heterocycles. The van der Waals surface area contributed by atoms with Crippen LogP contribution in [0.4, 0.5) is 5.13 Å². The normalized spacial score (nSPS) is 11.7. The lowest BCUT2D eigenvalue weighted by Crippen LogP contribution is -2.30. The van der Waals surface area contributed by atoms with Gasteiger partial charge in [0.05, 0.1) is 0 Å². The van der Waals surface area contributed by atoms with E-state index in [4.69, 9.17) is 4.74 Å². The number of carbonyl (C=O) groups is 1. The number of nitrogens with one attached hydrogen (secondary N) is 1. The Kier molecular flexibility index (Phi) is 6.03. The smallest absolute Gasteiger partial charge is 0.266 e. The van der Waals surface area contributed by atoms with Crippen molar-refractivity contribution >= 4 is 34.1 Å². The van der Waals surface area contributed by atoms with Crippen LogP contribution in [0.25, 0.3) is 0 Å². The van der Waals surface area contributed by atoms with Crippen molar-refractivity contribution in [2.75, 3.05) is 5.32 Å². The van der Waals surface area contributed by atoms with Crippen LogP contribution in [-0.2, 0) is 10.5 Å². The van der Waals surface area contributed by atoms with Crippen molar-refractivity contribution in [1.29, 1.82) is 0 Å². The summed E-state index contributed by atoms with van der Waals surface area (Å²) in [7, 11) is 0. The van der Waals surface area contributed by atoms with Gasteiger partial charge < -0.3 is 4.74 Å². The highest BCUT2D eigenvalue weighted by Crippen LogP contribution is 2.28. The van der Waals surface area contributed by atoms with Crippen LogP contribution in [0.2, 0.25) is 0 Å². The van der Waals surface area contributed by atoms with Gasteiger partial charge in [-0.2, -0.15) is 0 Å². The second kappa shape index (κ2) is 8.64. The molecule has 1 heterocycles. The number of carbonyl (C=O) groups excluding carboxylic acids is 1. The first-order valence-corrected chi connectivity index (χ1v) is 9.54. The highest BCUT2D eigenvalue weighted by Gasteiger charge is 2.17. The summed E-state index contributed by atoms with van der Waals surface area (Å²) in [5, 5.41) is 11.3. The van der Waals surface area contributed by atoms with Crippen LogP contribution in [0.1, 0.15) is 12.5 Å². The lowest BCUT2D eigenvalue weighted by Gasteiger charge is -2.13. The molecule has 1 atom stereocenters. The number of para-hydroxylation sites is 1. The number of benzene rings is 2. The molecule has 0 aliphatic heterocycles. The standard InChI is InChI=1S/C18H17N3O2S2/c1-13(23-15-10-6-3-7-11-15)16(22)19-17-20-21-18(25-17)24-12-14-8-4-2-5-9-14/h2-11,13H,12H2,1H3,(H,19,20,22)/t13-/m1/s1. The van der Waals surface area contributed by atoms with Gasteiger partial charge in [-0.05, 0) is 24.6 Å². The third-order valence-electron chi connectivity index (χ3n) is 3.27. The molecule has 1 aromatic heterocycles. The minimum absolute atomic E-state index is 0.250. The first-order chi connectivity index (χ1) is 12.2. The molecule has 0 spiro atoms. The maximum absolute atomic E-state index is 12.2. The van der Waals surface area contributed by atoms with Gasteiger partial charge in [0.1, 0.15) is 5.75 Å².